The van der Waals surface area contributed by atoms with Crippen LogP contribution < -0.4 is 19.1 Å². The van der Waals surface area contributed by atoms with Crippen molar-refractivity contribution in [3.05, 3.63) is 60.9 Å². The molecule has 0 spiro atoms. The molecule has 6 nitrogen and oxygen atoms in total. The first kappa shape index (κ1) is 18.6. The molecule has 0 amide bonds. The number of rotatable bonds is 8. The highest BCUT2D eigenvalue weighted by Gasteiger charge is 2.17. The largest absolute Gasteiger partial charge is 0.492 e. The van der Waals surface area contributed by atoms with E-state index in [2.05, 4.69) is 11.5 Å². The monoisotopic (exact) mass is 369 g/mol. The standard InChI is InChI=1S/C21H23NO5/c1-3-24-16(2)21(23)27-18-10-8-17(9-11-18)25-14-12-22-13-15-26-20-7-5-4-6-19(20)22/h4-11H,2-3,12-15H2,1H3. The maximum atomic E-state index is 11.7. The Kier molecular flexibility index (Phi) is 6.20. The van der Waals surface area contributed by atoms with Crippen LogP contribution in [0, 0.1) is 0 Å². The zero-order chi connectivity index (χ0) is 19.1. The minimum Gasteiger partial charge on any atom is -0.492 e. The van der Waals surface area contributed by atoms with E-state index >= 15 is 0 Å². The van der Waals surface area contributed by atoms with Gasteiger partial charge in [0.2, 0.25) is 0 Å². The van der Waals surface area contributed by atoms with Gasteiger partial charge >= 0.3 is 5.97 Å². The lowest BCUT2D eigenvalue weighted by molar-refractivity contribution is -0.133. The topological polar surface area (TPSA) is 57.2 Å². The van der Waals surface area contributed by atoms with E-state index in [4.69, 9.17) is 18.9 Å². The fourth-order valence-corrected chi connectivity index (χ4v) is 2.73. The number of para-hydroxylation sites is 2. The molecule has 2 aromatic carbocycles. The van der Waals surface area contributed by atoms with Crippen LogP contribution in [0.25, 0.3) is 0 Å². The first-order chi connectivity index (χ1) is 13.2. The average Bonchev–Trinajstić information content (AvgIpc) is 2.69. The second-order valence-electron chi connectivity index (χ2n) is 5.87. The Hall–Kier alpha value is -3.15. The number of fused-ring (bicyclic) bond motifs is 1. The molecule has 1 aliphatic heterocycles. The lowest BCUT2D eigenvalue weighted by Gasteiger charge is -2.31. The predicted octanol–water partition coefficient (Wildman–Crippen LogP) is 3.42. The third kappa shape index (κ3) is 4.94. The van der Waals surface area contributed by atoms with Gasteiger partial charge in [0, 0.05) is 0 Å². The van der Waals surface area contributed by atoms with Gasteiger partial charge in [-0.1, -0.05) is 12.1 Å². The number of nitrogens with zero attached hydrogens (tertiary/aromatic N) is 1. The van der Waals surface area contributed by atoms with Crippen molar-refractivity contribution in [1.82, 2.24) is 0 Å². The fourth-order valence-electron chi connectivity index (χ4n) is 2.73. The predicted molar refractivity (Wildman–Crippen MR) is 102 cm³/mol. The molecule has 0 unspecified atom stereocenters. The smallest absolute Gasteiger partial charge is 0.378 e. The molecule has 1 aliphatic rings. The molecule has 0 saturated carbocycles. The normalized spacial score (nSPS) is 12.6. The maximum Gasteiger partial charge on any atom is 0.378 e. The Balaban J connectivity index is 1.48. The van der Waals surface area contributed by atoms with Crippen molar-refractivity contribution >= 4 is 11.7 Å². The highest BCUT2D eigenvalue weighted by molar-refractivity contribution is 5.87. The van der Waals surface area contributed by atoms with Crippen molar-refractivity contribution in [3.63, 3.8) is 0 Å². The van der Waals surface area contributed by atoms with Gasteiger partial charge in [0.15, 0.2) is 5.76 Å². The summed E-state index contributed by atoms with van der Waals surface area (Å²) in [5, 5.41) is 0. The van der Waals surface area contributed by atoms with E-state index in [1.54, 1.807) is 31.2 Å². The lowest BCUT2D eigenvalue weighted by atomic mass is 10.2. The van der Waals surface area contributed by atoms with Gasteiger partial charge in [0.05, 0.1) is 25.4 Å². The van der Waals surface area contributed by atoms with E-state index in [1.807, 2.05) is 24.3 Å². The second kappa shape index (κ2) is 8.98. The third-order valence-electron chi connectivity index (χ3n) is 4.04. The summed E-state index contributed by atoms with van der Waals surface area (Å²) in [6, 6.07) is 14.9. The first-order valence-corrected chi connectivity index (χ1v) is 8.91. The molecule has 2 aromatic rings. The second-order valence-corrected chi connectivity index (χ2v) is 5.87. The van der Waals surface area contributed by atoms with E-state index in [-0.39, 0.29) is 5.76 Å². The molecule has 0 N–H and O–H groups in total. The van der Waals surface area contributed by atoms with Crippen molar-refractivity contribution < 1.29 is 23.7 Å². The van der Waals surface area contributed by atoms with Crippen molar-refractivity contribution in [2.75, 3.05) is 37.8 Å². The van der Waals surface area contributed by atoms with Crippen molar-refractivity contribution in [2.24, 2.45) is 0 Å². The number of anilines is 1. The zero-order valence-electron chi connectivity index (χ0n) is 15.3. The third-order valence-corrected chi connectivity index (χ3v) is 4.04. The summed E-state index contributed by atoms with van der Waals surface area (Å²) in [6.45, 7) is 8.47. The molecule has 27 heavy (non-hydrogen) atoms. The molecule has 0 fully saturated rings. The molecular weight excluding hydrogens is 346 g/mol. The van der Waals surface area contributed by atoms with E-state index in [1.165, 1.54) is 0 Å². The highest BCUT2D eigenvalue weighted by atomic mass is 16.6. The maximum absolute atomic E-state index is 11.7. The number of benzene rings is 2. The quantitative estimate of drug-likeness (QED) is 0.308. The van der Waals surface area contributed by atoms with E-state index < -0.39 is 5.97 Å². The van der Waals surface area contributed by atoms with E-state index in [0.29, 0.717) is 31.3 Å². The van der Waals surface area contributed by atoms with Gasteiger partial charge in [-0.2, -0.15) is 0 Å². The van der Waals surface area contributed by atoms with Crippen molar-refractivity contribution in [3.8, 4) is 17.2 Å². The fraction of sp³-hybridized carbons (Fsp3) is 0.286. The van der Waals surface area contributed by atoms with Gasteiger partial charge in [-0.15, -0.1) is 0 Å². The number of hydrogen-bond donors (Lipinski definition) is 0. The molecule has 6 heteroatoms. The Morgan fingerprint density at radius 1 is 1.15 bits per heavy atom. The Morgan fingerprint density at radius 2 is 1.89 bits per heavy atom. The molecular formula is C21H23NO5. The highest BCUT2D eigenvalue weighted by Crippen LogP contribution is 2.30. The van der Waals surface area contributed by atoms with Gasteiger partial charge in [-0.05, 0) is 49.9 Å². The molecule has 0 aromatic heterocycles. The van der Waals surface area contributed by atoms with Gasteiger partial charge in [-0.3, -0.25) is 0 Å². The minimum atomic E-state index is -0.600. The minimum absolute atomic E-state index is 0.0105. The Morgan fingerprint density at radius 3 is 2.67 bits per heavy atom. The lowest BCUT2D eigenvalue weighted by Crippen LogP contribution is -2.35. The number of ether oxygens (including phenoxy) is 4. The molecule has 0 bridgehead atoms. The van der Waals surface area contributed by atoms with Gasteiger partial charge in [0.25, 0.3) is 0 Å². The Bertz CT molecular complexity index is 787. The summed E-state index contributed by atoms with van der Waals surface area (Å²) in [5.41, 5.74) is 1.09. The van der Waals surface area contributed by atoms with Crippen LogP contribution in [0.15, 0.2) is 60.9 Å². The van der Waals surface area contributed by atoms with E-state index in [0.717, 1.165) is 24.5 Å². The van der Waals surface area contributed by atoms with Crippen LogP contribution in [-0.4, -0.2) is 38.9 Å². The summed E-state index contributed by atoms with van der Waals surface area (Å²) in [7, 11) is 0. The molecule has 142 valence electrons. The van der Waals surface area contributed by atoms with Crippen LogP contribution in [0.4, 0.5) is 5.69 Å². The summed E-state index contributed by atoms with van der Waals surface area (Å²) in [5.74, 6) is 1.42. The summed E-state index contributed by atoms with van der Waals surface area (Å²) in [4.78, 5) is 14.0. The number of esters is 1. The Labute approximate surface area is 158 Å². The van der Waals surface area contributed by atoms with Gasteiger partial charge in [-0.25, -0.2) is 4.79 Å². The van der Waals surface area contributed by atoms with Crippen LogP contribution in [0.2, 0.25) is 0 Å². The van der Waals surface area contributed by atoms with Crippen LogP contribution >= 0.6 is 0 Å². The summed E-state index contributed by atoms with van der Waals surface area (Å²) in [6.07, 6.45) is 0. The number of carbonyl (C=O) groups excluding carboxylic acids is 1. The first-order valence-electron chi connectivity index (χ1n) is 8.91. The number of hydrogen-bond acceptors (Lipinski definition) is 6. The van der Waals surface area contributed by atoms with Crippen LogP contribution in [0.3, 0.4) is 0 Å². The van der Waals surface area contributed by atoms with Crippen molar-refractivity contribution in [1.29, 1.82) is 0 Å². The van der Waals surface area contributed by atoms with Crippen LogP contribution in [0.1, 0.15) is 6.92 Å². The molecule has 1 heterocycles. The molecule has 0 saturated heterocycles. The van der Waals surface area contributed by atoms with Gasteiger partial charge < -0.3 is 23.8 Å². The SMILES string of the molecule is C=C(OCC)C(=O)Oc1ccc(OCCN2CCOc3ccccc32)cc1. The summed E-state index contributed by atoms with van der Waals surface area (Å²) < 4.78 is 21.7. The van der Waals surface area contributed by atoms with E-state index in [9.17, 15) is 4.79 Å². The van der Waals surface area contributed by atoms with Crippen LogP contribution in [0.5, 0.6) is 17.2 Å². The average molecular weight is 369 g/mol. The molecule has 3 rings (SSSR count). The summed E-state index contributed by atoms with van der Waals surface area (Å²) >= 11 is 0. The molecule has 0 radical (unpaired) electrons. The zero-order valence-corrected chi connectivity index (χ0v) is 15.3. The number of carbonyl (C=O) groups is 1. The van der Waals surface area contributed by atoms with Gasteiger partial charge in [0.1, 0.15) is 30.5 Å². The van der Waals surface area contributed by atoms with Crippen molar-refractivity contribution in [2.45, 2.75) is 6.92 Å². The molecule has 0 aliphatic carbocycles. The van der Waals surface area contributed by atoms with Crippen LogP contribution in [-0.2, 0) is 9.53 Å². The molecule has 0 atom stereocenters.